The van der Waals surface area contributed by atoms with Crippen LogP contribution in [0.4, 0.5) is 18.9 Å². The van der Waals surface area contributed by atoms with Crippen LogP contribution in [0.1, 0.15) is 114 Å². The monoisotopic (exact) mass is 2050 g/mol. The first kappa shape index (κ1) is 93.5. The van der Waals surface area contributed by atoms with Crippen molar-refractivity contribution >= 4 is 59.7 Å². The molecule has 0 atom stereocenters. The number of benzene rings is 10. The maximum atomic E-state index is 10.7. The number of rotatable bonds is 12. The van der Waals surface area contributed by atoms with E-state index in [-0.39, 0.29) is 64.2 Å². The molecule has 1 radical (unpaired) electrons. The van der Waals surface area contributed by atoms with Gasteiger partial charge in [0.15, 0.2) is 11.3 Å². The van der Waals surface area contributed by atoms with Crippen LogP contribution in [-0.4, -0.2) is 91.7 Å². The van der Waals surface area contributed by atoms with Crippen molar-refractivity contribution in [3.8, 4) is 62.1 Å². The summed E-state index contributed by atoms with van der Waals surface area (Å²) in [6, 6.07) is 83.2. The predicted molar refractivity (Wildman–Crippen MR) is 447 cm³/mol. The number of ether oxygens (including phenoxy) is 1. The molecule has 2 aliphatic rings. The smallest absolute Gasteiger partial charge is 1.00 e. The van der Waals surface area contributed by atoms with E-state index in [4.69, 9.17) is 36.8 Å². The first-order valence-corrected chi connectivity index (χ1v) is 38.7. The van der Waals surface area contributed by atoms with Crippen molar-refractivity contribution in [2.75, 3.05) is 39.4 Å². The van der Waals surface area contributed by atoms with Crippen LogP contribution in [0.2, 0.25) is 0 Å². The molecule has 0 saturated carbocycles. The zero-order chi connectivity index (χ0) is 80.9. The minimum atomic E-state index is -5.84. The molecule has 3 N–H and O–H groups in total. The molecular weight excluding hydrogens is 1960 g/mol. The quantitative estimate of drug-likeness (QED) is 0.0347. The fraction of sp³-hybridized carbons (Fsp3) is 0.226. The molecule has 2 aliphatic heterocycles. The summed E-state index contributed by atoms with van der Waals surface area (Å²) in [5.74, 6) is 3.42. The Morgan fingerprint density at radius 2 is 0.931 bits per heavy atom. The Kier molecular flexibility index (Phi) is 35.5. The predicted octanol–water partition coefficient (Wildman–Crippen LogP) is 18.8. The molecule has 0 unspecified atom stereocenters. The number of anilines is 1. The second-order valence-corrected chi connectivity index (χ2v) is 29.2. The first-order valence-electron chi connectivity index (χ1n) is 37.3. The van der Waals surface area contributed by atoms with Gasteiger partial charge in [-0.05, 0) is 143 Å². The Hall–Kier alpha value is -9.62. The number of para-hydroxylation sites is 3. The summed E-state index contributed by atoms with van der Waals surface area (Å²) in [6.07, 6.45) is 20.5. The van der Waals surface area contributed by atoms with Crippen molar-refractivity contribution in [2.45, 2.75) is 97.4 Å². The normalized spacial score (nSPS) is 12.1. The van der Waals surface area contributed by atoms with Gasteiger partial charge in [0, 0.05) is 105 Å². The van der Waals surface area contributed by atoms with Crippen molar-refractivity contribution in [1.82, 2.24) is 28.6 Å². The van der Waals surface area contributed by atoms with Gasteiger partial charge in [-0.1, -0.05) is 176 Å². The molecule has 0 amide bonds. The van der Waals surface area contributed by atoms with Crippen molar-refractivity contribution in [1.29, 1.82) is 0 Å². The average molecular weight is 2050 g/mol. The largest absolute Gasteiger partial charge is 3.00 e. The third-order valence-corrected chi connectivity index (χ3v) is 19.2. The van der Waals surface area contributed by atoms with E-state index in [2.05, 4.69) is 237 Å². The number of halogens is 4. The molecule has 5 aromatic heterocycles. The van der Waals surface area contributed by atoms with Crippen molar-refractivity contribution in [2.24, 2.45) is 7.05 Å². The van der Waals surface area contributed by atoms with Crippen LogP contribution in [0.3, 0.4) is 0 Å². The van der Waals surface area contributed by atoms with Gasteiger partial charge >= 0.3 is 35.7 Å². The van der Waals surface area contributed by atoms with E-state index in [1.165, 1.54) is 68.7 Å². The van der Waals surface area contributed by atoms with Crippen LogP contribution in [0.15, 0.2) is 277 Å². The molecule has 7 heterocycles. The van der Waals surface area contributed by atoms with Gasteiger partial charge < -0.3 is 66.7 Å². The van der Waals surface area contributed by atoms with Crippen LogP contribution in [0, 0.1) is 24.9 Å². The number of aliphatic hydroxyl groups excluding tert-OH is 2. The first-order chi connectivity index (χ1) is 54.5. The van der Waals surface area contributed by atoms with Gasteiger partial charge in [0.05, 0.1) is 18.7 Å². The molecule has 1 saturated heterocycles. The summed E-state index contributed by atoms with van der Waals surface area (Å²) in [7, 11) is 0.164. The average Bonchev–Trinajstić information content (AvgIpc) is 1.41. The molecule has 1 fully saturated rings. The number of aryl methyl sites for hydroxylation is 1. The summed E-state index contributed by atoms with van der Waals surface area (Å²) in [6.45, 7) is 22.1. The van der Waals surface area contributed by atoms with Gasteiger partial charge in [-0.2, -0.15) is 51.0 Å². The molecule has 10 aromatic carbocycles. The number of fused-ring (bicyclic) bond motifs is 6. The van der Waals surface area contributed by atoms with Crippen LogP contribution in [-0.2, 0) is 62.1 Å². The molecule has 23 heteroatoms. The zero-order valence-corrected chi connectivity index (χ0v) is 74.4. The Bertz CT molecular complexity index is 5450. The summed E-state index contributed by atoms with van der Waals surface area (Å²) in [5.41, 5.74) is 15.0. The number of furan rings is 2. The second-order valence-electron chi connectivity index (χ2n) is 27.8. The topological polar surface area (TPSA) is 181 Å². The Morgan fingerprint density at radius 1 is 0.517 bits per heavy atom. The van der Waals surface area contributed by atoms with E-state index >= 15 is 0 Å². The molecule has 0 aliphatic carbocycles. The van der Waals surface area contributed by atoms with E-state index in [0.717, 1.165) is 105 Å². The fourth-order valence-corrected chi connectivity index (χ4v) is 13.2. The number of hydrogen-bond donors (Lipinski definition) is 3. The van der Waals surface area contributed by atoms with Gasteiger partial charge in [0.2, 0.25) is 6.33 Å². The minimum absolute atomic E-state index is 0. The third kappa shape index (κ3) is 23.0. The Balaban J connectivity index is 0.000000201. The molecule has 17 rings (SSSR count). The SMILES string of the molecule is C1CCOC1.CC(C)c1cc(-c2ccccc2)cc(C(C)C)c1-n1ccnc1-c1[c-]cccc1.CC(C)c1cc(-c2ccccc2)cc(C(C)C)c1-n1ccnc1-c1[c-]cccc1.CN1C=CN(c2[c-]ccc3c2oc2ccccc23)[CH-]1.CO.CO.C[n+]1ccn(-c2cccc3c2oc2ccccc23)c1.O=S(=O)(O)C(F)(F)F.[I-].[Ir+3].[Ir]. The fourth-order valence-electron chi connectivity index (χ4n) is 13.2. The standard InChI is InChI=1S/2C27H27N2.C16H13N2O.C16H12N2O.C4H8O.CHF3O3S.2CH4O.HI.2Ir/c2*1-19(2)24-17-23(21-11-7-5-8-12-21)18-25(20(3)4)26(24)29-16-15-28-27(29)22-13-9-6-10-14-22;2*1-17-9-10-18(11-17)14-7-4-6-13-12-5-2-3-8-15(12)19-16(13)14;1-2-4-5-3-1;2-1(3,4)8(5,6)7;2*1-2;;;/h2*5-13,15-20H,1-4H3;2-11H,1H3;2-6,8-11H,1H3;1-4H2;(H,5,6,7);2*2H,1H3;1H;;/q2*-1;+1;-2;;;;;;;+3/p-1. The van der Waals surface area contributed by atoms with Crippen LogP contribution >= 0.6 is 0 Å². The molecule has 15 aromatic rings. The van der Waals surface area contributed by atoms with Gasteiger partial charge in [0.1, 0.15) is 23.6 Å². The van der Waals surface area contributed by atoms with Gasteiger partial charge in [-0.25, -0.2) is 4.57 Å². The maximum absolute atomic E-state index is 10.7. The number of aromatic nitrogens is 6. The Labute approximate surface area is 722 Å². The van der Waals surface area contributed by atoms with Gasteiger partial charge in [-0.15, -0.1) is 71.8 Å². The van der Waals surface area contributed by atoms with E-state index in [0.29, 0.717) is 23.7 Å². The van der Waals surface area contributed by atoms with Crippen molar-refractivity contribution < 1.29 is 119 Å². The van der Waals surface area contributed by atoms with Crippen LogP contribution in [0.25, 0.3) is 106 Å². The number of hydrogen-bond acceptors (Lipinski definition) is 11. The summed E-state index contributed by atoms with van der Waals surface area (Å²) >= 11 is 0. The molecule has 16 nitrogen and oxygen atoms in total. The van der Waals surface area contributed by atoms with Crippen molar-refractivity contribution in [3.63, 3.8) is 0 Å². The van der Waals surface area contributed by atoms with Crippen LogP contribution < -0.4 is 33.4 Å². The van der Waals surface area contributed by atoms with E-state index in [1.54, 1.807) is 0 Å². The van der Waals surface area contributed by atoms with Crippen molar-refractivity contribution in [3.05, 3.63) is 315 Å². The Morgan fingerprint density at radius 3 is 1.31 bits per heavy atom. The number of alkyl halides is 3. The van der Waals surface area contributed by atoms with E-state index < -0.39 is 15.6 Å². The molecule has 609 valence electrons. The molecule has 116 heavy (non-hydrogen) atoms. The third-order valence-electron chi connectivity index (χ3n) is 18.6. The number of nitrogens with zero attached hydrogens (tertiary/aromatic N) is 8. The zero-order valence-electron chi connectivity index (χ0n) is 66.7. The molecule has 0 spiro atoms. The summed E-state index contributed by atoms with van der Waals surface area (Å²) < 4.78 is 83.1. The summed E-state index contributed by atoms with van der Waals surface area (Å²) in [5, 5.41) is 18.6. The molecular formula is C93H96F3IIr2N8O8S-. The van der Waals surface area contributed by atoms with Gasteiger partial charge in [-0.3, -0.25) is 14.5 Å². The van der Waals surface area contributed by atoms with E-state index in [9.17, 15) is 13.2 Å². The number of imidazole rings is 3. The van der Waals surface area contributed by atoms with Gasteiger partial charge in [0.25, 0.3) is 0 Å². The summed E-state index contributed by atoms with van der Waals surface area (Å²) in [4.78, 5) is 13.4. The van der Waals surface area contributed by atoms with Crippen LogP contribution in [0.5, 0.6) is 0 Å². The maximum Gasteiger partial charge on any atom is 3.00 e. The second kappa shape index (κ2) is 44.1. The van der Waals surface area contributed by atoms with E-state index in [1.807, 2.05) is 164 Å². The molecule has 0 bridgehead atoms. The minimum Gasteiger partial charge on any atom is -1.00 e. The number of aliphatic hydroxyl groups is 2.